The number of piperidine rings is 1. The number of rotatable bonds is 6. The quantitative estimate of drug-likeness (QED) is 0.448. The summed E-state index contributed by atoms with van der Waals surface area (Å²) in [5.74, 6) is 1.12. The van der Waals surface area contributed by atoms with Gasteiger partial charge in [0.15, 0.2) is 0 Å². The molecule has 5 rings (SSSR count). The van der Waals surface area contributed by atoms with Gasteiger partial charge < -0.3 is 9.84 Å². The van der Waals surface area contributed by atoms with Crippen LogP contribution in [0, 0.1) is 0 Å². The van der Waals surface area contributed by atoms with Crippen LogP contribution in [-0.2, 0) is 6.54 Å². The van der Waals surface area contributed by atoms with Crippen LogP contribution < -0.4 is 10.1 Å². The molecule has 6 heteroatoms. The molecule has 0 saturated carbocycles. The summed E-state index contributed by atoms with van der Waals surface area (Å²) in [5, 5.41) is 15.1. The molecule has 1 saturated heterocycles. The molecule has 182 valence electrons. The van der Waals surface area contributed by atoms with Crippen molar-refractivity contribution >= 4 is 17.3 Å². The predicted molar refractivity (Wildman–Crippen MR) is 141 cm³/mol. The van der Waals surface area contributed by atoms with Crippen LogP contribution in [0.4, 0.5) is 0 Å². The summed E-state index contributed by atoms with van der Waals surface area (Å²) in [5.41, 5.74) is 3.92. The van der Waals surface area contributed by atoms with E-state index in [4.69, 9.17) is 21.3 Å². The normalized spacial score (nSPS) is 19.9. The van der Waals surface area contributed by atoms with Gasteiger partial charge in [-0.15, -0.1) is 0 Å². The Kier molecular flexibility index (Phi) is 7.09. The van der Waals surface area contributed by atoms with E-state index < -0.39 is 0 Å². The van der Waals surface area contributed by atoms with Crippen LogP contribution in [0.2, 0.25) is 5.02 Å². The molecule has 0 radical (unpaired) electrons. The monoisotopic (exact) mass is 489 g/mol. The van der Waals surface area contributed by atoms with Crippen molar-refractivity contribution in [2.24, 2.45) is 4.99 Å². The molecule has 1 fully saturated rings. The Morgan fingerprint density at radius 3 is 2.51 bits per heavy atom. The maximum absolute atomic E-state index is 10.7. The number of benzene rings is 3. The van der Waals surface area contributed by atoms with Gasteiger partial charge in [0.25, 0.3) is 0 Å². The lowest BCUT2D eigenvalue weighted by Gasteiger charge is -2.45. The van der Waals surface area contributed by atoms with Crippen molar-refractivity contribution in [2.45, 2.75) is 44.4 Å². The minimum atomic E-state index is -0.376. The topological polar surface area (TPSA) is 57.1 Å². The van der Waals surface area contributed by atoms with Crippen molar-refractivity contribution in [3.63, 3.8) is 0 Å². The number of nitrogens with one attached hydrogen (secondary N) is 1. The number of phenols is 1. The zero-order valence-corrected chi connectivity index (χ0v) is 20.8. The van der Waals surface area contributed by atoms with E-state index in [-0.39, 0.29) is 17.5 Å². The molecule has 3 aromatic carbocycles. The van der Waals surface area contributed by atoms with Crippen molar-refractivity contribution < 1.29 is 9.84 Å². The van der Waals surface area contributed by atoms with Gasteiger partial charge in [-0.25, -0.2) is 0 Å². The summed E-state index contributed by atoms with van der Waals surface area (Å²) in [6.45, 7) is 5.49. The SMILES string of the molecule is CCOc1ccc(C2=NC3(CCN(Cc4ccccc4)CC3)N[C@H](c3cc(Cl)ccc3O)C2)cc1. The Morgan fingerprint density at radius 1 is 1.06 bits per heavy atom. The lowest BCUT2D eigenvalue weighted by atomic mass is 9.87. The Hall–Kier alpha value is -2.86. The van der Waals surface area contributed by atoms with Crippen molar-refractivity contribution in [1.82, 2.24) is 10.2 Å². The van der Waals surface area contributed by atoms with Gasteiger partial charge in [-0.1, -0.05) is 41.9 Å². The number of aliphatic imine (C=N–C) groups is 1. The highest BCUT2D eigenvalue weighted by atomic mass is 35.5. The molecule has 1 atom stereocenters. The van der Waals surface area contributed by atoms with Gasteiger partial charge in [-0.05, 0) is 73.4 Å². The van der Waals surface area contributed by atoms with E-state index in [2.05, 4.69) is 52.7 Å². The first-order valence-corrected chi connectivity index (χ1v) is 12.8. The number of phenolic OH excluding ortho intramolecular Hbond substituents is 1. The second-order valence-corrected chi connectivity index (χ2v) is 9.85. The number of aromatic hydroxyl groups is 1. The number of hydrogen-bond donors (Lipinski definition) is 2. The fourth-order valence-electron chi connectivity index (χ4n) is 5.17. The number of hydrogen-bond acceptors (Lipinski definition) is 5. The van der Waals surface area contributed by atoms with Crippen molar-refractivity contribution in [3.8, 4) is 11.5 Å². The van der Waals surface area contributed by atoms with Crippen LogP contribution in [0.15, 0.2) is 77.8 Å². The van der Waals surface area contributed by atoms with Crippen molar-refractivity contribution in [3.05, 3.63) is 94.5 Å². The molecule has 35 heavy (non-hydrogen) atoms. The van der Waals surface area contributed by atoms with E-state index in [1.165, 1.54) is 5.56 Å². The molecule has 2 N–H and O–H groups in total. The molecule has 2 aliphatic rings. The second-order valence-electron chi connectivity index (χ2n) is 9.41. The summed E-state index contributed by atoms with van der Waals surface area (Å²) in [4.78, 5) is 7.81. The minimum absolute atomic E-state index is 0.0755. The summed E-state index contributed by atoms with van der Waals surface area (Å²) >= 11 is 6.32. The average molecular weight is 490 g/mol. The van der Waals surface area contributed by atoms with Gasteiger partial charge in [0.05, 0.1) is 6.61 Å². The number of likely N-dealkylation sites (tertiary alicyclic amines) is 1. The van der Waals surface area contributed by atoms with E-state index in [0.717, 1.165) is 55.1 Å². The summed E-state index contributed by atoms with van der Waals surface area (Å²) in [6.07, 6.45) is 2.48. The van der Waals surface area contributed by atoms with Crippen LogP contribution in [-0.4, -0.2) is 41.1 Å². The molecule has 3 aromatic rings. The lowest BCUT2D eigenvalue weighted by Crippen LogP contribution is -2.55. The van der Waals surface area contributed by atoms with Gasteiger partial charge in [0, 0.05) is 48.4 Å². The van der Waals surface area contributed by atoms with Gasteiger partial charge in [0.1, 0.15) is 17.2 Å². The van der Waals surface area contributed by atoms with E-state index in [9.17, 15) is 5.11 Å². The molecule has 1 spiro atoms. The summed E-state index contributed by atoms with van der Waals surface area (Å²) in [6, 6.07) is 24.0. The third-order valence-corrected chi connectivity index (χ3v) is 7.22. The highest BCUT2D eigenvalue weighted by Crippen LogP contribution is 2.38. The summed E-state index contributed by atoms with van der Waals surface area (Å²) in [7, 11) is 0. The fraction of sp³-hybridized carbons (Fsp3) is 0.345. The maximum atomic E-state index is 10.7. The van der Waals surface area contributed by atoms with Gasteiger partial charge in [0.2, 0.25) is 0 Å². The van der Waals surface area contributed by atoms with Crippen LogP contribution >= 0.6 is 11.6 Å². The number of nitrogens with zero attached hydrogens (tertiary/aromatic N) is 2. The van der Waals surface area contributed by atoms with Crippen LogP contribution in [0.25, 0.3) is 0 Å². The molecule has 0 amide bonds. The van der Waals surface area contributed by atoms with Crippen molar-refractivity contribution in [2.75, 3.05) is 19.7 Å². The van der Waals surface area contributed by atoms with Gasteiger partial charge in [-0.2, -0.15) is 0 Å². The summed E-state index contributed by atoms with van der Waals surface area (Å²) < 4.78 is 5.63. The first kappa shape index (κ1) is 23.9. The molecule has 5 nitrogen and oxygen atoms in total. The number of ether oxygens (including phenoxy) is 1. The largest absolute Gasteiger partial charge is 0.508 e. The van der Waals surface area contributed by atoms with E-state index in [0.29, 0.717) is 18.1 Å². The Morgan fingerprint density at radius 2 is 1.80 bits per heavy atom. The third-order valence-electron chi connectivity index (χ3n) is 6.99. The highest BCUT2D eigenvalue weighted by Gasteiger charge is 2.40. The molecule has 0 bridgehead atoms. The van der Waals surface area contributed by atoms with Gasteiger partial charge in [-0.3, -0.25) is 15.2 Å². The zero-order chi connectivity index (χ0) is 24.3. The van der Waals surface area contributed by atoms with Crippen LogP contribution in [0.5, 0.6) is 11.5 Å². The second kappa shape index (κ2) is 10.4. The fourth-order valence-corrected chi connectivity index (χ4v) is 5.35. The molecule has 0 aliphatic carbocycles. The minimum Gasteiger partial charge on any atom is -0.508 e. The van der Waals surface area contributed by atoms with E-state index >= 15 is 0 Å². The lowest BCUT2D eigenvalue weighted by molar-refractivity contribution is 0.120. The third kappa shape index (κ3) is 5.53. The van der Waals surface area contributed by atoms with E-state index in [1.807, 2.05) is 25.1 Å². The molecule has 0 unspecified atom stereocenters. The van der Waals surface area contributed by atoms with Crippen molar-refractivity contribution in [1.29, 1.82) is 0 Å². The van der Waals surface area contributed by atoms with Crippen LogP contribution in [0.1, 0.15) is 48.9 Å². The molecule has 0 aromatic heterocycles. The van der Waals surface area contributed by atoms with E-state index in [1.54, 1.807) is 12.1 Å². The number of halogens is 1. The van der Waals surface area contributed by atoms with Gasteiger partial charge >= 0.3 is 0 Å². The maximum Gasteiger partial charge on any atom is 0.120 e. The molecule has 2 heterocycles. The Balaban J connectivity index is 1.42. The Bertz CT molecular complexity index is 1170. The highest BCUT2D eigenvalue weighted by molar-refractivity contribution is 6.30. The average Bonchev–Trinajstić information content (AvgIpc) is 2.88. The molecular formula is C29H32ClN3O2. The predicted octanol–water partition coefficient (Wildman–Crippen LogP) is 5.96. The standard InChI is InChI=1S/C29H32ClN3O2/c1-2-35-24-11-8-22(9-12-24)26-19-27(25-18-23(30)10-13-28(25)34)32-29(31-26)14-16-33(17-15-29)20-21-6-4-3-5-7-21/h3-13,18,27,32,34H,2,14-17,19-20H2,1H3/t27-/m0/s1. The first-order valence-electron chi connectivity index (χ1n) is 12.4. The molecular weight excluding hydrogens is 458 g/mol. The smallest absolute Gasteiger partial charge is 0.120 e. The first-order chi connectivity index (χ1) is 17.0. The zero-order valence-electron chi connectivity index (χ0n) is 20.1. The Labute approximate surface area is 212 Å². The van der Waals surface area contributed by atoms with Crippen LogP contribution in [0.3, 0.4) is 0 Å². The molecule has 2 aliphatic heterocycles.